The van der Waals surface area contributed by atoms with Gasteiger partial charge in [-0.2, -0.15) is 0 Å². The van der Waals surface area contributed by atoms with Gasteiger partial charge in [-0.25, -0.2) is 0 Å². The molecule has 4 atom stereocenters. The predicted octanol–water partition coefficient (Wildman–Crippen LogP) is -0.233. The summed E-state index contributed by atoms with van der Waals surface area (Å²) >= 11 is 0. The highest BCUT2D eigenvalue weighted by Crippen LogP contribution is 2.31. The first-order valence-electron chi connectivity index (χ1n) is 6.90. The molecule has 1 aliphatic carbocycles. The largest absolute Gasteiger partial charge is 0.392 e. The first kappa shape index (κ1) is 13.8. The third kappa shape index (κ3) is 3.43. The zero-order valence-electron chi connectivity index (χ0n) is 11.0. The number of aliphatic hydroxyl groups is 2. The molecule has 0 aromatic heterocycles. The standard InChI is InChI=1S/C13H24N2O3/c1-9-3-2-4-13(18,6-9)8-15-12(17)11-5-10(16)7-14-11/h9-11,14,16,18H,2-8H2,1H3,(H,15,17). The smallest absolute Gasteiger partial charge is 0.237 e. The van der Waals surface area contributed by atoms with Crippen LogP contribution >= 0.6 is 0 Å². The van der Waals surface area contributed by atoms with Gasteiger partial charge in [0.1, 0.15) is 0 Å². The molecular weight excluding hydrogens is 232 g/mol. The molecule has 0 radical (unpaired) electrons. The van der Waals surface area contributed by atoms with Crippen molar-refractivity contribution in [2.75, 3.05) is 13.1 Å². The van der Waals surface area contributed by atoms with Crippen LogP contribution < -0.4 is 10.6 Å². The minimum Gasteiger partial charge on any atom is -0.392 e. The highest BCUT2D eigenvalue weighted by molar-refractivity contribution is 5.82. The Labute approximate surface area is 108 Å². The van der Waals surface area contributed by atoms with Crippen molar-refractivity contribution in [3.63, 3.8) is 0 Å². The third-order valence-corrected chi connectivity index (χ3v) is 4.08. The summed E-state index contributed by atoms with van der Waals surface area (Å²) < 4.78 is 0. The Morgan fingerprint density at radius 2 is 2.33 bits per heavy atom. The number of rotatable bonds is 3. The topological polar surface area (TPSA) is 81.6 Å². The molecule has 1 aliphatic heterocycles. The number of aliphatic hydroxyl groups excluding tert-OH is 1. The van der Waals surface area contributed by atoms with Crippen molar-refractivity contribution in [3.8, 4) is 0 Å². The summed E-state index contributed by atoms with van der Waals surface area (Å²) in [6.45, 7) is 2.94. The van der Waals surface area contributed by atoms with E-state index in [-0.39, 0.29) is 11.9 Å². The number of carbonyl (C=O) groups excluding carboxylic acids is 1. The minimum atomic E-state index is -0.745. The lowest BCUT2D eigenvalue weighted by atomic mass is 9.79. The van der Waals surface area contributed by atoms with Crippen LogP contribution in [-0.4, -0.2) is 47.0 Å². The van der Waals surface area contributed by atoms with Gasteiger partial charge in [-0.15, -0.1) is 0 Å². The Bertz CT molecular complexity index is 311. The molecule has 1 amide bonds. The molecule has 2 fully saturated rings. The number of nitrogens with one attached hydrogen (secondary N) is 2. The maximum Gasteiger partial charge on any atom is 0.237 e. The molecule has 1 saturated carbocycles. The van der Waals surface area contributed by atoms with Crippen molar-refractivity contribution >= 4 is 5.91 Å². The van der Waals surface area contributed by atoms with Gasteiger partial charge in [0.15, 0.2) is 0 Å². The summed E-state index contributed by atoms with van der Waals surface area (Å²) in [5, 5.41) is 25.5. The molecule has 4 N–H and O–H groups in total. The van der Waals surface area contributed by atoms with Crippen molar-refractivity contribution in [3.05, 3.63) is 0 Å². The molecule has 1 saturated heterocycles. The average molecular weight is 256 g/mol. The first-order valence-corrected chi connectivity index (χ1v) is 6.90. The number of amides is 1. The van der Waals surface area contributed by atoms with Gasteiger partial charge in [0.25, 0.3) is 0 Å². The van der Waals surface area contributed by atoms with Gasteiger partial charge in [-0.05, 0) is 25.2 Å². The van der Waals surface area contributed by atoms with Gasteiger partial charge in [-0.3, -0.25) is 4.79 Å². The van der Waals surface area contributed by atoms with E-state index in [9.17, 15) is 15.0 Å². The van der Waals surface area contributed by atoms with E-state index in [4.69, 9.17) is 0 Å². The molecule has 1 heterocycles. The van der Waals surface area contributed by atoms with Crippen molar-refractivity contribution in [2.24, 2.45) is 5.92 Å². The van der Waals surface area contributed by atoms with E-state index >= 15 is 0 Å². The van der Waals surface area contributed by atoms with Crippen LogP contribution in [0.1, 0.15) is 39.0 Å². The number of β-amino-alcohol motifs (C(OH)–C–C–N with tert-alkyl or cyclic N) is 1. The third-order valence-electron chi connectivity index (χ3n) is 4.08. The average Bonchev–Trinajstić information content (AvgIpc) is 2.73. The Morgan fingerprint density at radius 3 is 2.94 bits per heavy atom. The first-order chi connectivity index (χ1) is 8.48. The molecule has 0 spiro atoms. The molecule has 4 unspecified atom stereocenters. The quantitative estimate of drug-likeness (QED) is 0.562. The molecule has 0 bridgehead atoms. The fourth-order valence-electron chi connectivity index (χ4n) is 3.08. The summed E-state index contributed by atoms with van der Waals surface area (Å²) in [7, 11) is 0. The monoisotopic (exact) mass is 256 g/mol. The van der Waals surface area contributed by atoms with Gasteiger partial charge in [0, 0.05) is 13.1 Å². The lowest BCUT2D eigenvalue weighted by molar-refractivity contribution is -0.124. The fourth-order valence-corrected chi connectivity index (χ4v) is 3.08. The summed E-state index contributed by atoms with van der Waals surface area (Å²) in [5.74, 6) is 0.408. The van der Waals surface area contributed by atoms with E-state index in [1.807, 2.05) is 0 Å². The van der Waals surface area contributed by atoms with Crippen LogP contribution in [0.25, 0.3) is 0 Å². The van der Waals surface area contributed by atoms with Crippen molar-refractivity contribution in [1.82, 2.24) is 10.6 Å². The lowest BCUT2D eigenvalue weighted by Crippen LogP contribution is -2.49. The molecule has 5 heteroatoms. The molecular formula is C13H24N2O3. The van der Waals surface area contributed by atoms with Crippen LogP contribution in [-0.2, 0) is 4.79 Å². The van der Waals surface area contributed by atoms with Crippen LogP contribution in [0.5, 0.6) is 0 Å². The summed E-state index contributed by atoms with van der Waals surface area (Å²) in [4.78, 5) is 11.9. The lowest BCUT2D eigenvalue weighted by Gasteiger charge is -2.35. The predicted molar refractivity (Wildman–Crippen MR) is 68.0 cm³/mol. The van der Waals surface area contributed by atoms with Gasteiger partial charge >= 0.3 is 0 Å². The van der Waals surface area contributed by atoms with Crippen LogP contribution in [0.15, 0.2) is 0 Å². The fraction of sp³-hybridized carbons (Fsp3) is 0.923. The van der Waals surface area contributed by atoms with Crippen molar-refractivity contribution in [1.29, 1.82) is 0 Å². The zero-order chi connectivity index (χ0) is 13.2. The summed E-state index contributed by atoms with van der Waals surface area (Å²) in [5.41, 5.74) is -0.745. The van der Waals surface area contributed by atoms with Crippen LogP contribution in [0, 0.1) is 5.92 Å². The molecule has 0 aromatic carbocycles. The molecule has 2 aliphatic rings. The Morgan fingerprint density at radius 1 is 1.56 bits per heavy atom. The Balaban J connectivity index is 1.78. The van der Waals surface area contributed by atoms with Gasteiger partial charge in [0.05, 0.1) is 17.7 Å². The van der Waals surface area contributed by atoms with Crippen LogP contribution in [0.4, 0.5) is 0 Å². The number of carbonyl (C=O) groups is 1. The molecule has 5 nitrogen and oxygen atoms in total. The molecule has 104 valence electrons. The summed E-state index contributed by atoms with van der Waals surface area (Å²) in [6, 6.07) is -0.315. The van der Waals surface area contributed by atoms with E-state index in [0.717, 1.165) is 25.7 Å². The van der Waals surface area contributed by atoms with E-state index in [0.29, 0.717) is 25.4 Å². The highest BCUT2D eigenvalue weighted by atomic mass is 16.3. The molecule has 2 rings (SSSR count). The second kappa shape index (κ2) is 5.55. The summed E-state index contributed by atoms with van der Waals surface area (Å²) in [6.07, 6.45) is 3.73. The zero-order valence-corrected chi connectivity index (χ0v) is 11.0. The van der Waals surface area contributed by atoms with Crippen molar-refractivity contribution in [2.45, 2.75) is 56.8 Å². The van der Waals surface area contributed by atoms with Gasteiger partial charge in [0.2, 0.25) is 5.91 Å². The second-order valence-electron chi connectivity index (χ2n) is 5.99. The normalized spacial score (nSPS) is 40.7. The second-order valence-corrected chi connectivity index (χ2v) is 5.99. The number of hydrogen-bond donors (Lipinski definition) is 4. The van der Waals surface area contributed by atoms with Gasteiger partial charge < -0.3 is 20.8 Å². The van der Waals surface area contributed by atoms with Crippen molar-refractivity contribution < 1.29 is 15.0 Å². The Kier molecular flexibility index (Phi) is 4.25. The minimum absolute atomic E-state index is 0.113. The van der Waals surface area contributed by atoms with E-state index in [1.54, 1.807) is 0 Å². The molecule has 18 heavy (non-hydrogen) atoms. The molecule has 0 aromatic rings. The Hall–Kier alpha value is -0.650. The van der Waals surface area contributed by atoms with E-state index in [1.165, 1.54) is 0 Å². The number of hydrogen-bond acceptors (Lipinski definition) is 4. The maximum absolute atomic E-state index is 11.9. The van der Waals surface area contributed by atoms with E-state index < -0.39 is 11.7 Å². The van der Waals surface area contributed by atoms with Crippen LogP contribution in [0.3, 0.4) is 0 Å². The maximum atomic E-state index is 11.9. The highest BCUT2D eigenvalue weighted by Gasteiger charge is 2.34. The van der Waals surface area contributed by atoms with Crippen LogP contribution in [0.2, 0.25) is 0 Å². The van der Waals surface area contributed by atoms with E-state index in [2.05, 4.69) is 17.6 Å². The van der Waals surface area contributed by atoms with Gasteiger partial charge in [-0.1, -0.05) is 19.8 Å². The SMILES string of the molecule is CC1CCCC(O)(CNC(=O)C2CC(O)CN2)C1.